The fraction of sp³-hybridized carbons (Fsp3) is 0.200. The molecule has 0 amide bonds. The molecule has 0 aliphatic heterocycles. The molecule has 0 saturated carbocycles. The van der Waals surface area contributed by atoms with Crippen molar-refractivity contribution in [2.75, 3.05) is 5.32 Å². The fourth-order valence-electron chi connectivity index (χ4n) is 2.06. The Morgan fingerprint density at radius 2 is 2.05 bits per heavy atom. The first-order chi connectivity index (χ1) is 9.85. The van der Waals surface area contributed by atoms with Gasteiger partial charge in [0.05, 0.1) is 24.4 Å². The van der Waals surface area contributed by atoms with Crippen LogP contribution in [0.25, 0.3) is 11.3 Å². The maximum Gasteiger partial charge on any atom is 0.0924 e. The smallest absolute Gasteiger partial charge is 0.0924 e. The van der Waals surface area contributed by atoms with Gasteiger partial charge in [-0.1, -0.05) is 12.1 Å². The average molecular weight is 267 g/mol. The molecule has 3 rings (SSSR count). The van der Waals surface area contributed by atoms with Gasteiger partial charge in [0.15, 0.2) is 0 Å². The zero-order valence-corrected chi connectivity index (χ0v) is 11.4. The molecule has 0 bridgehead atoms. The molecule has 5 nitrogen and oxygen atoms in total. The number of rotatable bonds is 5. The normalized spacial score (nSPS) is 10.7. The second kappa shape index (κ2) is 5.61. The molecule has 0 atom stereocenters. The lowest BCUT2D eigenvalue weighted by molar-refractivity contribution is 0.659. The highest BCUT2D eigenvalue weighted by Crippen LogP contribution is 2.19. The molecule has 0 spiro atoms. The van der Waals surface area contributed by atoms with Gasteiger partial charge in [0, 0.05) is 30.5 Å². The topological polar surface area (TPSA) is 58.5 Å². The number of aryl methyl sites for hydroxylation is 1. The Kier molecular flexibility index (Phi) is 3.50. The summed E-state index contributed by atoms with van der Waals surface area (Å²) in [6.07, 6.45) is 7.47. The van der Waals surface area contributed by atoms with E-state index in [4.69, 9.17) is 0 Å². The van der Waals surface area contributed by atoms with Crippen molar-refractivity contribution in [3.05, 3.63) is 54.7 Å². The molecular weight excluding hydrogens is 250 g/mol. The molecule has 0 radical (unpaired) electrons. The number of nitrogens with one attached hydrogen (secondary N) is 2. The second-order valence-corrected chi connectivity index (χ2v) is 4.60. The van der Waals surface area contributed by atoms with E-state index < -0.39 is 0 Å². The van der Waals surface area contributed by atoms with Crippen LogP contribution in [0.4, 0.5) is 5.69 Å². The van der Waals surface area contributed by atoms with Crippen LogP contribution in [0.5, 0.6) is 0 Å². The zero-order chi connectivity index (χ0) is 13.8. The number of anilines is 1. The molecule has 2 aromatic heterocycles. The van der Waals surface area contributed by atoms with Crippen molar-refractivity contribution in [1.82, 2.24) is 19.7 Å². The molecule has 20 heavy (non-hydrogen) atoms. The third kappa shape index (κ3) is 2.71. The lowest BCUT2D eigenvalue weighted by Gasteiger charge is -2.05. The molecule has 0 aliphatic carbocycles. The Morgan fingerprint density at radius 3 is 2.70 bits per heavy atom. The molecule has 1 aromatic carbocycles. The summed E-state index contributed by atoms with van der Waals surface area (Å²) in [5.41, 5.74) is 4.44. The Labute approximate surface area is 117 Å². The molecule has 0 saturated heterocycles. The quantitative estimate of drug-likeness (QED) is 0.747. The van der Waals surface area contributed by atoms with Crippen LogP contribution < -0.4 is 5.32 Å². The SMILES string of the molecule is CCn1cc(CNc2ccc(-c3cnc[nH]3)cc2)cn1. The largest absolute Gasteiger partial charge is 0.381 e. The van der Waals surface area contributed by atoms with Gasteiger partial charge in [-0.15, -0.1) is 0 Å². The first-order valence-corrected chi connectivity index (χ1v) is 6.69. The molecule has 3 aromatic rings. The predicted molar refractivity (Wildman–Crippen MR) is 79.3 cm³/mol. The van der Waals surface area contributed by atoms with Crippen LogP contribution in [0.3, 0.4) is 0 Å². The molecule has 0 fully saturated rings. The summed E-state index contributed by atoms with van der Waals surface area (Å²) in [5.74, 6) is 0. The van der Waals surface area contributed by atoms with Crippen LogP contribution in [0, 0.1) is 0 Å². The van der Waals surface area contributed by atoms with E-state index >= 15 is 0 Å². The highest BCUT2D eigenvalue weighted by molar-refractivity contribution is 5.61. The number of aromatic amines is 1. The third-order valence-electron chi connectivity index (χ3n) is 3.20. The van der Waals surface area contributed by atoms with E-state index in [1.165, 1.54) is 5.56 Å². The highest BCUT2D eigenvalue weighted by Gasteiger charge is 2.00. The van der Waals surface area contributed by atoms with Gasteiger partial charge < -0.3 is 10.3 Å². The van der Waals surface area contributed by atoms with Gasteiger partial charge >= 0.3 is 0 Å². The van der Waals surface area contributed by atoms with Crippen molar-refractivity contribution in [3.63, 3.8) is 0 Å². The number of hydrogen-bond acceptors (Lipinski definition) is 3. The molecule has 2 N–H and O–H groups in total. The van der Waals surface area contributed by atoms with E-state index in [-0.39, 0.29) is 0 Å². The first kappa shape index (κ1) is 12.5. The van der Waals surface area contributed by atoms with Crippen LogP contribution in [-0.4, -0.2) is 19.7 Å². The van der Waals surface area contributed by atoms with Crippen LogP contribution in [0.1, 0.15) is 12.5 Å². The van der Waals surface area contributed by atoms with Gasteiger partial charge in [-0.25, -0.2) is 4.98 Å². The Balaban J connectivity index is 1.63. The maximum atomic E-state index is 4.26. The summed E-state index contributed by atoms with van der Waals surface area (Å²) < 4.78 is 1.93. The summed E-state index contributed by atoms with van der Waals surface area (Å²) in [6, 6.07) is 8.29. The van der Waals surface area contributed by atoms with Crippen LogP contribution >= 0.6 is 0 Å². The van der Waals surface area contributed by atoms with E-state index in [1.807, 2.05) is 17.1 Å². The van der Waals surface area contributed by atoms with Crippen LogP contribution in [-0.2, 0) is 13.1 Å². The summed E-state index contributed by atoms with van der Waals surface area (Å²) in [6.45, 7) is 3.76. The summed E-state index contributed by atoms with van der Waals surface area (Å²) >= 11 is 0. The number of H-pyrrole nitrogens is 1. The van der Waals surface area contributed by atoms with E-state index in [0.717, 1.165) is 30.0 Å². The number of imidazole rings is 1. The minimum atomic E-state index is 0.781. The maximum absolute atomic E-state index is 4.26. The lowest BCUT2D eigenvalue weighted by atomic mass is 10.1. The average Bonchev–Trinajstić information content (AvgIpc) is 3.17. The fourth-order valence-corrected chi connectivity index (χ4v) is 2.06. The molecule has 5 heteroatoms. The second-order valence-electron chi connectivity index (χ2n) is 4.60. The number of hydrogen-bond donors (Lipinski definition) is 2. The van der Waals surface area contributed by atoms with E-state index in [9.17, 15) is 0 Å². The van der Waals surface area contributed by atoms with Crippen molar-refractivity contribution >= 4 is 5.69 Å². The van der Waals surface area contributed by atoms with Crippen molar-refractivity contribution < 1.29 is 0 Å². The first-order valence-electron chi connectivity index (χ1n) is 6.69. The lowest BCUT2D eigenvalue weighted by Crippen LogP contribution is -1.98. The van der Waals surface area contributed by atoms with E-state index in [2.05, 4.69) is 57.8 Å². The third-order valence-corrected chi connectivity index (χ3v) is 3.20. The van der Waals surface area contributed by atoms with E-state index in [0.29, 0.717) is 0 Å². The molecule has 0 aliphatic rings. The molecule has 0 unspecified atom stereocenters. The monoisotopic (exact) mass is 267 g/mol. The predicted octanol–water partition coefficient (Wildman–Crippen LogP) is 2.91. The van der Waals surface area contributed by atoms with Gasteiger partial charge in [-0.2, -0.15) is 5.10 Å². The Bertz CT molecular complexity index is 652. The molecular formula is C15H17N5. The minimum Gasteiger partial charge on any atom is -0.381 e. The van der Waals surface area contributed by atoms with Gasteiger partial charge in [-0.3, -0.25) is 4.68 Å². The zero-order valence-electron chi connectivity index (χ0n) is 11.4. The van der Waals surface area contributed by atoms with Crippen molar-refractivity contribution in [2.45, 2.75) is 20.0 Å². The van der Waals surface area contributed by atoms with Crippen molar-refractivity contribution in [1.29, 1.82) is 0 Å². The summed E-state index contributed by atoms with van der Waals surface area (Å²) in [5, 5.41) is 7.65. The molecule has 2 heterocycles. The van der Waals surface area contributed by atoms with Gasteiger partial charge in [-0.05, 0) is 24.6 Å². The van der Waals surface area contributed by atoms with Crippen LogP contribution in [0.2, 0.25) is 0 Å². The summed E-state index contributed by atoms with van der Waals surface area (Å²) in [4.78, 5) is 7.12. The number of benzene rings is 1. The van der Waals surface area contributed by atoms with Gasteiger partial charge in [0.25, 0.3) is 0 Å². The van der Waals surface area contributed by atoms with Crippen molar-refractivity contribution in [2.24, 2.45) is 0 Å². The van der Waals surface area contributed by atoms with Gasteiger partial charge in [0.1, 0.15) is 0 Å². The standard InChI is InChI=1S/C15H17N5/c1-2-20-10-12(8-19-20)7-17-14-5-3-13(4-6-14)15-9-16-11-18-15/h3-6,8-11,17H,2,7H2,1H3,(H,16,18). The Hall–Kier alpha value is -2.56. The van der Waals surface area contributed by atoms with E-state index in [1.54, 1.807) is 6.33 Å². The van der Waals surface area contributed by atoms with Crippen molar-refractivity contribution in [3.8, 4) is 11.3 Å². The Morgan fingerprint density at radius 1 is 1.20 bits per heavy atom. The van der Waals surface area contributed by atoms with Gasteiger partial charge in [0.2, 0.25) is 0 Å². The van der Waals surface area contributed by atoms with Crippen LogP contribution in [0.15, 0.2) is 49.2 Å². The summed E-state index contributed by atoms with van der Waals surface area (Å²) in [7, 11) is 0. The number of nitrogens with zero attached hydrogens (tertiary/aromatic N) is 3. The molecule has 102 valence electrons. The minimum absolute atomic E-state index is 0.781. The number of aromatic nitrogens is 4. The highest BCUT2D eigenvalue weighted by atomic mass is 15.3.